The predicted molar refractivity (Wildman–Crippen MR) is 99.8 cm³/mol. The molecule has 23 heavy (non-hydrogen) atoms. The SMILES string of the molecule is Cc1cccc(-c2nc(C=CC(=O)c3ccccc3Br)cs2)c1. The van der Waals surface area contributed by atoms with Gasteiger partial charge in [0.05, 0.1) is 5.69 Å². The Hall–Kier alpha value is -2.04. The van der Waals surface area contributed by atoms with Gasteiger partial charge < -0.3 is 0 Å². The van der Waals surface area contributed by atoms with Gasteiger partial charge in [-0.15, -0.1) is 11.3 Å². The predicted octanol–water partition coefficient (Wildman–Crippen LogP) is 5.78. The summed E-state index contributed by atoms with van der Waals surface area (Å²) >= 11 is 4.98. The highest BCUT2D eigenvalue weighted by Crippen LogP contribution is 2.25. The lowest BCUT2D eigenvalue weighted by molar-refractivity contribution is 0.104. The Morgan fingerprint density at radius 3 is 2.78 bits per heavy atom. The van der Waals surface area contributed by atoms with Crippen LogP contribution in [-0.2, 0) is 0 Å². The number of allylic oxidation sites excluding steroid dienone is 1. The number of hydrogen-bond donors (Lipinski definition) is 0. The highest BCUT2D eigenvalue weighted by atomic mass is 79.9. The van der Waals surface area contributed by atoms with Gasteiger partial charge in [0.15, 0.2) is 5.78 Å². The van der Waals surface area contributed by atoms with Crippen LogP contribution in [-0.4, -0.2) is 10.8 Å². The zero-order valence-electron chi connectivity index (χ0n) is 12.5. The van der Waals surface area contributed by atoms with E-state index in [0.29, 0.717) is 5.56 Å². The molecular weight excluding hydrogens is 370 g/mol. The second-order valence-corrected chi connectivity index (χ2v) is 6.84. The summed E-state index contributed by atoms with van der Waals surface area (Å²) in [7, 11) is 0. The van der Waals surface area contributed by atoms with E-state index in [9.17, 15) is 4.79 Å². The van der Waals surface area contributed by atoms with Gasteiger partial charge in [-0.05, 0) is 37.3 Å². The molecule has 2 nitrogen and oxygen atoms in total. The van der Waals surface area contributed by atoms with Gasteiger partial charge in [0.1, 0.15) is 5.01 Å². The molecule has 2 aromatic carbocycles. The van der Waals surface area contributed by atoms with Crippen LogP contribution in [0.1, 0.15) is 21.6 Å². The van der Waals surface area contributed by atoms with E-state index in [1.165, 1.54) is 5.56 Å². The third kappa shape index (κ3) is 3.84. The van der Waals surface area contributed by atoms with Crippen LogP contribution in [0, 0.1) is 6.92 Å². The van der Waals surface area contributed by atoms with Gasteiger partial charge >= 0.3 is 0 Å². The quantitative estimate of drug-likeness (QED) is 0.422. The summed E-state index contributed by atoms with van der Waals surface area (Å²) in [6.07, 6.45) is 3.33. The minimum absolute atomic E-state index is 0.0393. The number of benzene rings is 2. The van der Waals surface area contributed by atoms with Gasteiger partial charge in [0.25, 0.3) is 0 Å². The van der Waals surface area contributed by atoms with Crippen molar-refractivity contribution in [3.63, 3.8) is 0 Å². The molecular formula is C19H14BrNOS. The molecule has 0 aliphatic carbocycles. The summed E-state index contributed by atoms with van der Waals surface area (Å²) in [5, 5.41) is 2.92. The van der Waals surface area contributed by atoms with E-state index in [1.807, 2.05) is 35.7 Å². The summed E-state index contributed by atoms with van der Waals surface area (Å²) in [4.78, 5) is 16.8. The maximum Gasteiger partial charge on any atom is 0.187 e. The smallest absolute Gasteiger partial charge is 0.187 e. The van der Waals surface area contributed by atoms with Crippen LogP contribution >= 0.6 is 27.3 Å². The molecule has 0 aliphatic rings. The van der Waals surface area contributed by atoms with Crippen LogP contribution in [0.3, 0.4) is 0 Å². The molecule has 0 amide bonds. The average Bonchev–Trinajstić information content (AvgIpc) is 3.02. The molecule has 0 aliphatic heterocycles. The minimum atomic E-state index is -0.0393. The van der Waals surface area contributed by atoms with Crippen LogP contribution in [0.25, 0.3) is 16.6 Å². The molecule has 0 bridgehead atoms. The molecule has 114 valence electrons. The zero-order valence-corrected chi connectivity index (χ0v) is 14.9. The monoisotopic (exact) mass is 383 g/mol. The van der Waals surface area contributed by atoms with E-state index in [0.717, 1.165) is 20.7 Å². The summed E-state index contributed by atoms with van der Waals surface area (Å²) in [6, 6.07) is 15.6. The van der Waals surface area contributed by atoms with Crippen LogP contribution < -0.4 is 0 Å². The first-order chi connectivity index (χ1) is 11.1. The van der Waals surface area contributed by atoms with E-state index in [2.05, 4.69) is 40.0 Å². The molecule has 0 fully saturated rings. The fraction of sp³-hybridized carbons (Fsp3) is 0.0526. The van der Waals surface area contributed by atoms with Crippen molar-refractivity contribution in [2.75, 3.05) is 0 Å². The van der Waals surface area contributed by atoms with Crippen molar-refractivity contribution in [2.24, 2.45) is 0 Å². The summed E-state index contributed by atoms with van der Waals surface area (Å²) in [5.74, 6) is -0.0393. The van der Waals surface area contributed by atoms with Crippen molar-refractivity contribution < 1.29 is 4.79 Å². The number of nitrogens with zero attached hydrogens (tertiary/aromatic N) is 1. The third-order valence-electron chi connectivity index (χ3n) is 3.33. The number of aromatic nitrogens is 1. The lowest BCUT2D eigenvalue weighted by Gasteiger charge is -1.98. The molecule has 0 spiro atoms. The standard InChI is InChI=1S/C19H14BrNOS/c1-13-5-4-6-14(11-13)19-21-15(12-23-19)9-10-18(22)16-7-2-3-8-17(16)20/h2-12H,1H3. The Balaban J connectivity index is 1.79. The zero-order chi connectivity index (χ0) is 16.2. The maximum atomic E-state index is 12.2. The van der Waals surface area contributed by atoms with Crippen molar-refractivity contribution in [3.8, 4) is 10.6 Å². The van der Waals surface area contributed by atoms with E-state index in [-0.39, 0.29) is 5.78 Å². The molecule has 3 rings (SSSR count). The first-order valence-corrected chi connectivity index (χ1v) is 8.80. The van der Waals surface area contributed by atoms with Crippen LogP contribution in [0.5, 0.6) is 0 Å². The number of aryl methyl sites for hydroxylation is 1. The highest BCUT2D eigenvalue weighted by molar-refractivity contribution is 9.10. The van der Waals surface area contributed by atoms with Crippen LogP contribution in [0.15, 0.2) is 64.5 Å². The van der Waals surface area contributed by atoms with E-state index >= 15 is 0 Å². The molecule has 0 atom stereocenters. The van der Waals surface area contributed by atoms with Crippen molar-refractivity contribution >= 4 is 39.1 Å². The van der Waals surface area contributed by atoms with Gasteiger partial charge in [-0.1, -0.05) is 51.8 Å². The number of rotatable bonds is 4. The number of ketones is 1. The van der Waals surface area contributed by atoms with Gasteiger partial charge in [0, 0.05) is 21.0 Å². The van der Waals surface area contributed by atoms with Crippen molar-refractivity contribution in [1.82, 2.24) is 4.98 Å². The minimum Gasteiger partial charge on any atom is -0.289 e. The van der Waals surface area contributed by atoms with E-state index in [1.54, 1.807) is 29.6 Å². The molecule has 0 saturated carbocycles. The maximum absolute atomic E-state index is 12.2. The Kier molecular flexibility index (Phi) is 4.84. The Morgan fingerprint density at radius 1 is 1.17 bits per heavy atom. The number of thiazole rings is 1. The molecule has 1 aromatic heterocycles. The van der Waals surface area contributed by atoms with E-state index in [4.69, 9.17) is 0 Å². The van der Waals surface area contributed by atoms with Gasteiger partial charge in [-0.25, -0.2) is 4.98 Å². The third-order valence-corrected chi connectivity index (χ3v) is 4.93. The molecule has 3 aromatic rings. The second kappa shape index (κ2) is 7.02. The molecule has 0 unspecified atom stereocenters. The fourth-order valence-corrected chi connectivity index (χ4v) is 3.45. The number of carbonyl (C=O) groups is 1. The largest absolute Gasteiger partial charge is 0.289 e. The Morgan fingerprint density at radius 2 is 2.00 bits per heavy atom. The number of carbonyl (C=O) groups excluding carboxylic acids is 1. The Bertz CT molecular complexity index is 882. The number of hydrogen-bond acceptors (Lipinski definition) is 3. The normalized spacial score (nSPS) is 11.0. The summed E-state index contributed by atoms with van der Waals surface area (Å²) in [5.41, 5.74) is 3.76. The molecule has 4 heteroatoms. The van der Waals surface area contributed by atoms with Crippen molar-refractivity contribution in [2.45, 2.75) is 6.92 Å². The number of halogens is 1. The first kappa shape index (κ1) is 15.8. The van der Waals surface area contributed by atoms with Gasteiger partial charge in [-0.3, -0.25) is 4.79 Å². The van der Waals surface area contributed by atoms with Gasteiger partial charge in [0.2, 0.25) is 0 Å². The summed E-state index contributed by atoms with van der Waals surface area (Å²) in [6.45, 7) is 2.06. The molecule has 0 radical (unpaired) electrons. The Labute approximate surface area is 147 Å². The topological polar surface area (TPSA) is 30.0 Å². The average molecular weight is 384 g/mol. The van der Waals surface area contributed by atoms with Crippen LogP contribution in [0.2, 0.25) is 0 Å². The molecule has 1 heterocycles. The first-order valence-electron chi connectivity index (χ1n) is 7.13. The summed E-state index contributed by atoms with van der Waals surface area (Å²) < 4.78 is 0.799. The molecule has 0 saturated heterocycles. The fourth-order valence-electron chi connectivity index (χ4n) is 2.19. The highest BCUT2D eigenvalue weighted by Gasteiger charge is 2.07. The van der Waals surface area contributed by atoms with Gasteiger partial charge in [-0.2, -0.15) is 0 Å². The van der Waals surface area contributed by atoms with Crippen LogP contribution in [0.4, 0.5) is 0 Å². The lowest BCUT2D eigenvalue weighted by atomic mass is 10.1. The van der Waals surface area contributed by atoms with E-state index < -0.39 is 0 Å². The molecule has 0 N–H and O–H groups in total. The second-order valence-electron chi connectivity index (χ2n) is 5.12. The lowest BCUT2D eigenvalue weighted by Crippen LogP contribution is -1.94. The van der Waals surface area contributed by atoms with Crippen molar-refractivity contribution in [3.05, 3.63) is 81.3 Å². The van der Waals surface area contributed by atoms with Crippen molar-refractivity contribution in [1.29, 1.82) is 0 Å².